The first-order valence-corrected chi connectivity index (χ1v) is 17.2. The van der Waals surface area contributed by atoms with Gasteiger partial charge in [-0.05, 0) is 43.7 Å². The van der Waals surface area contributed by atoms with Crippen molar-refractivity contribution in [2.45, 2.75) is 58.0 Å². The molecular weight excluding hydrogens is 529 g/mol. The van der Waals surface area contributed by atoms with Crippen LogP contribution in [0.1, 0.15) is 12.2 Å². The Labute approximate surface area is 233 Å². The number of aryl methyl sites for hydroxylation is 1. The van der Waals surface area contributed by atoms with Crippen LogP contribution in [-0.2, 0) is 11.5 Å². The molecule has 5 rings (SSSR count). The van der Waals surface area contributed by atoms with Crippen LogP contribution in [0.3, 0.4) is 0 Å². The summed E-state index contributed by atoms with van der Waals surface area (Å²) in [5.41, 5.74) is 4.16. The number of ether oxygens (including phenoxy) is 1. The molecule has 212 valence electrons. The van der Waals surface area contributed by atoms with Crippen LogP contribution in [0.5, 0.6) is 0 Å². The molecule has 1 aliphatic heterocycles. The maximum absolute atomic E-state index is 14.6. The van der Waals surface area contributed by atoms with E-state index in [0.717, 1.165) is 41.1 Å². The Morgan fingerprint density at radius 1 is 1.20 bits per heavy atom. The predicted octanol–water partition coefficient (Wildman–Crippen LogP) is 5.38. The molecule has 4 aromatic rings. The van der Waals surface area contributed by atoms with Crippen LogP contribution in [0.4, 0.5) is 15.0 Å². The van der Waals surface area contributed by atoms with Gasteiger partial charge in [-0.1, -0.05) is 25.7 Å². The summed E-state index contributed by atoms with van der Waals surface area (Å²) in [5, 5.41) is 12.4. The molecule has 1 fully saturated rings. The smallest absolute Gasteiger partial charge is 0.407 e. The van der Waals surface area contributed by atoms with Gasteiger partial charge in [0.25, 0.3) is 0 Å². The lowest BCUT2D eigenvalue weighted by molar-refractivity contribution is 0.0868. The Balaban J connectivity index is 1.34. The number of halogens is 1. The zero-order chi connectivity index (χ0) is 28.4. The van der Waals surface area contributed by atoms with Gasteiger partial charge >= 0.3 is 6.09 Å². The molecule has 10 nitrogen and oxygen atoms in total. The van der Waals surface area contributed by atoms with E-state index in [2.05, 4.69) is 44.5 Å². The zero-order valence-electron chi connectivity index (χ0n) is 23.3. The molecule has 40 heavy (non-hydrogen) atoms. The Hall–Kier alpha value is -3.77. The minimum atomic E-state index is -1.16. The highest BCUT2D eigenvalue weighted by atomic mass is 28.3. The van der Waals surface area contributed by atoms with Crippen molar-refractivity contribution in [1.29, 1.82) is 0 Å². The van der Waals surface area contributed by atoms with E-state index in [4.69, 9.17) is 4.74 Å². The van der Waals surface area contributed by atoms with Crippen molar-refractivity contribution < 1.29 is 19.0 Å². The minimum absolute atomic E-state index is 0.0697. The molecule has 2 N–H and O–H groups in total. The SMILES string of the molecule is Cc1ncc(-c2ccn3c(-c4cccc(N[C@H]5CN(C(=O)O)CC[C@@H]5F)n4)cnc3c2)n1COCC[Si](C)(C)C. The third kappa shape index (κ3) is 6.17. The van der Waals surface area contributed by atoms with Crippen LogP contribution >= 0.6 is 0 Å². The molecule has 12 heteroatoms. The third-order valence-electron chi connectivity index (χ3n) is 7.22. The maximum atomic E-state index is 14.6. The van der Waals surface area contributed by atoms with E-state index >= 15 is 0 Å². The number of hydrogen-bond acceptors (Lipinski definition) is 6. The van der Waals surface area contributed by atoms with Crippen LogP contribution in [-0.4, -0.2) is 80.0 Å². The lowest BCUT2D eigenvalue weighted by Gasteiger charge is -2.34. The van der Waals surface area contributed by atoms with Crippen molar-refractivity contribution in [1.82, 2.24) is 28.8 Å². The van der Waals surface area contributed by atoms with Crippen LogP contribution in [0.2, 0.25) is 25.7 Å². The second-order valence-corrected chi connectivity index (χ2v) is 17.1. The topological polar surface area (TPSA) is 110 Å². The van der Waals surface area contributed by atoms with E-state index in [1.807, 2.05) is 48.0 Å². The fraction of sp³-hybridized carbons (Fsp3) is 0.429. The standard InChI is InChI=1S/C28H36FN7O3Si/c1-19-30-15-24(36(19)18-39-12-13-40(2,3)4)20-8-11-35-25(16-31-27(35)14-20)22-6-5-7-26(32-22)33-23-17-34(28(37)38)10-9-21(23)29/h5-8,11,14-16,21,23H,9-10,12-13,17-18H2,1-4H3,(H,32,33)(H,37,38)/t21-,23-/m0/s1. The highest BCUT2D eigenvalue weighted by molar-refractivity contribution is 6.76. The van der Waals surface area contributed by atoms with Gasteiger partial charge < -0.3 is 24.6 Å². The molecule has 1 amide bonds. The van der Waals surface area contributed by atoms with Gasteiger partial charge in [0, 0.05) is 39.5 Å². The van der Waals surface area contributed by atoms with Gasteiger partial charge in [0.15, 0.2) is 0 Å². The summed E-state index contributed by atoms with van der Waals surface area (Å²) in [7, 11) is -1.16. The summed E-state index contributed by atoms with van der Waals surface area (Å²) in [6, 6.07) is 9.95. The van der Waals surface area contributed by atoms with E-state index in [-0.39, 0.29) is 19.5 Å². The van der Waals surface area contributed by atoms with Crippen LogP contribution in [0, 0.1) is 6.92 Å². The normalized spacial score (nSPS) is 17.9. The molecule has 5 heterocycles. The Bertz CT molecular complexity index is 1500. The highest BCUT2D eigenvalue weighted by Crippen LogP contribution is 2.27. The Morgan fingerprint density at radius 3 is 2.77 bits per heavy atom. The first-order chi connectivity index (χ1) is 19.1. The van der Waals surface area contributed by atoms with Crippen molar-refractivity contribution in [3.05, 3.63) is 54.7 Å². The molecule has 4 aromatic heterocycles. The number of amides is 1. The van der Waals surface area contributed by atoms with Gasteiger partial charge in [-0.3, -0.25) is 4.40 Å². The number of anilines is 1. The number of carbonyl (C=O) groups is 1. The third-order valence-corrected chi connectivity index (χ3v) is 8.93. The molecule has 1 saturated heterocycles. The van der Waals surface area contributed by atoms with Crippen molar-refractivity contribution in [2.24, 2.45) is 0 Å². The molecule has 0 bridgehead atoms. The molecule has 0 aliphatic carbocycles. The van der Waals surface area contributed by atoms with Gasteiger partial charge in [-0.25, -0.2) is 24.1 Å². The fourth-order valence-electron chi connectivity index (χ4n) is 4.81. The lowest BCUT2D eigenvalue weighted by Crippen LogP contribution is -2.50. The van der Waals surface area contributed by atoms with E-state index in [0.29, 0.717) is 18.2 Å². The molecule has 1 aliphatic rings. The number of carboxylic acid groups (broad SMARTS) is 1. The summed E-state index contributed by atoms with van der Waals surface area (Å²) < 4.78 is 24.6. The van der Waals surface area contributed by atoms with E-state index in [9.17, 15) is 14.3 Å². The average molecular weight is 566 g/mol. The monoisotopic (exact) mass is 565 g/mol. The number of likely N-dealkylation sites (tertiary alicyclic amines) is 1. The number of hydrogen-bond donors (Lipinski definition) is 2. The first-order valence-electron chi connectivity index (χ1n) is 13.5. The number of piperidine rings is 1. The van der Waals surface area contributed by atoms with Crippen LogP contribution in [0.15, 0.2) is 48.9 Å². The summed E-state index contributed by atoms with van der Waals surface area (Å²) in [4.78, 5) is 26.4. The van der Waals surface area contributed by atoms with Crippen molar-refractivity contribution in [2.75, 3.05) is 25.0 Å². The van der Waals surface area contributed by atoms with Gasteiger partial charge in [0.2, 0.25) is 0 Å². The first kappa shape index (κ1) is 27.8. The molecular formula is C28H36FN7O3Si. The maximum Gasteiger partial charge on any atom is 0.407 e. The second kappa shape index (κ2) is 11.4. The molecule has 0 radical (unpaired) electrons. The highest BCUT2D eigenvalue weighted by Gasteiger charge is 2.31. The molecule has 0 aromatic carbocycles. The average Bonchev–Trinajstić information content (AvgIpc) is 3.50. The van der Waals surface area contributed by atoms with Crippen LogP contribution in [0.25, 0.3) is 28.3 Å². The number of fused-ring (bicyclic) bond motifs is 1. The summed E-state index contributed by atoms with van der Waals surface area (Å²) in [6.07, 6.45) is 3.53. The number of rotatable bonds is 9. The molecule has 2 atom stereocenters. The fourth-order valence-corrected chi connectivity index (χ4v) is 5.56. The van der Waals surface area contributed by atoms with E-state index < -0.39 is 26.4 Å². The Kier molecular flexibility index (Phi) is 7.90. The zero-order valence-corrected chi connectivity index (χ0v) is 24.3. The van der Waals surface area contributed by atoms with Gasteiger partial charge in [-0.2, -0.15) is 0 Å². The lowest BCUT2D eigenvalue weighted by atomic mass is 10.0. The summed E-state index contributed by atoms with van der Waals surface area (Å²) in [5.74, 6) is 1.37. The largest absolute Gasteiger partial charge is 0.465 e. The molecule has 0 spiro atoms. The number of alkyl halides is 1. The van der Waals surface area contributed by atoms with Crippen molar-refractivity contribution in [3.8, 4) is 22.6 Å². The predicted molar refractivity (Wildman–Crippen MR) is 155 cm³/mol. The Morgan fingerprint density at radius 2 is 2.00 bits per heavy atom. The van der Waals surface area contributed by atoms with E-state index in [1.54, 1.807) is 12.3 Å². The molecule has 0 unspecified atom stereocenters. The van der Waals surface area contributed by atoms with Crippen molar-refractivity contribution >= 4 is 25.6 Å². The number of nitrogens with one attached hydrogen (secondary N) is 1. The number of nitrogens with zero attached hydrogens (tertiary/aromatic N) is 6. The minimum Gasteiger partial charge on any atom is -0.465 e. The van der Waals surface area contributed by atoms with Gasteiger partial charge in [-0.15, -0.1) is 0 Å². The quantitative estimate of drug-likeness (QED) is 0.207. The molecule has 0 saturated carbocycles. The van der Waals surface area contributed by atoms with Gasteiger partial charge in [0.05, 0.1) is 35.5 Å². The van der Waals surface area contributed by atoms with E-state index in [1.165, 1.54) is 4.90 Å². The van der Waals surface area contributed by atoms with Gasteiger partial charge in [0.1, 0.15) is 30.2 Å². The second-order valence-electron chi connectivity index (χ2n) is 11.4. The summed E-state index contributed by atoms with van der Waals surface area (Å²) in [6.45, 7) is 10.4. The number of aromatic nitrogens is 5. The number of pyridine rings is 2. The number of imidazole rings is 2. The van der Waals surface area contributed by atoms with Crippen LogP contribution < -0.4 is 5.32 Å². The van der Waals surface area contributed by atoms with Crippen molar-refractivity contribution in [3.63, 3.8) is 0 Å². The summed E-state index contributed by atoms with van der Waals surface area (Å²) >= 11 is 0.